The van der Waals surface area contributed by atoms with Crippen molar-refractivity contribution in [3.05, 3.63) is 80.5 Å². The van der Waals surface area contributed by atoms with Gasteiger partial charge >= 0.3 is 17.5 Å². The lowest BCUT2D eigenvalue weighted by Crippen LogP contribution is -2.52. The molecule has 0 saturated carbocycles. The van der Waals surface area contributed by atoms with Crippen LogP contribution in [0.4, 0.5) is 13.2 Å². The second-order valence-electron chi connectivity index (χ2n) is 5.12. The highest BCUT2D eigenvalue weighted by atomic mass is 35.5. The predicted molar refractivity (Wildman–Crippen MR) is 81.2 cm³/mol. The van der Waals surface area contributed by atoms with Crippen LogP contribution in [0.5, 0.6) is 5.75 Å². The van der Waals surface area contributed by atoms with E-state index in [0.717, 1.165) is 18.2 Å². The van der Waals surface area contributed by atoms with Crippen LogP contribution in [-0.4, -0.2) is 11.1 Å². The Hall–Kier alpha value is -2.54. The number of nitro groups is 1. The van der Waals surface area contributed by atoms with E-state index in [1.54, 1.807) is 0 Å². The van der Waals surface area contributed by atoms with E-state index in [2.05, 4.69) is 0 Å². The molecule has 24 heavy (non-hydrogen) atoms. The summed E-state index contributed by atoms with van der Waals surface area (Å²) >= 11 is 5.81. The van der Waals surface area contributed by atoms with Crippen molar-refractivity contribution in [1.82, 2.24) is 0 Å². The van der Waals surface area contributed by atoms with Crippen LogP contribution < -0.4 is 4.74 Å². The van der Waals surface area contributed by atoms with Gasteiger partial charge in [0.25, 0.3) is 0 Å². The average Bonchev–Trinajstić information content (AvgIpc) is 2.53. The zero-order valence-electron chi connectivity index (χ0n) is 11.9. The molecule has 0 amide bonds. The second kappa shape index (κ2) is 5.52. The highest BCUT2D eigenvalue weighted by Gasteiger charge is 2.68. The van der Waals surface area contributed by atoms with E-state index >= 15 is 0 Å². The lowest BCUT2D eigenvalue weighted by molar-refractivity contribution is -0.458. The van der Waals surface area contributed by atoms with Crippen molar-refractivity contribution < 1.29 is 22.8 Å². The number of fused-ring (bicyclic) bond motifs is 1. The normalized spacial score (nSPS) is 19.9. The van der Waals surface area contributed by atoms with Crippen molar-refractivity contribution in [3.63, 3.8) is 0 Å². The minimum Gasteiger partial charge on any atom is -0.462 e. The number of rotatable bonds is 2. The molecule has 0 fully saturated rings. The zero-order valence-corrected chi connectivity index (χ0v) is 12.6. The molecular formula is C16H9ClF3NO3. The van der Waals surface area contributed by atoms with Gasteiger partial charge in [0.15, 0.2) is 0 Å². The van der Waals surface area contributed by atoms with E-state index < -0.39 is 22.4 Å². The highest BCUT2D eigenvalue weighted by molar-refractivity contribution is 6.30. The third-order valence-electron chi connectivity index (χ3n) is 3.66. The molecule has 0 saturated heterocycles. The van der Waals surface area contributed by atoms with Gasteiger partial charge in [-0.25, -0.2) is 0 Å². The number of halogens is 4. The van der Waals surface area contributed by atoms with Crippen LogP contribution in [0.15, 0.2) is 54.2 Å². The molecule has 3 rings (SSSR count). The fourth-order valence-electron chi connectivity index (χ4n) is 2.62. The van der Waals surface area contributed by atoms with Crippen LogP contribution in [0.3, 0.4) is 0 Å². The van der Waals surface area contributed by atoms with Crippen LogP contribution in [0, 0.1) is 10.1 Å². The quantitative estimate of drug-likeness (QED) is 0.574. The lowest BCUT2D eigenvalue weighted by atomic mass is 9.86. The first-order chi connectivity index (χ1) is 11.3. The smallest absolute Gasteiger partial charge is 0.443 e. The first-order valence-corrected chi connectivity index (χ1v) is 7.11. The van der Waals surface area contributed by atoms with Crippen molar-refractivity contribution >= 4 is 17.7 Å². The minimum absolute atomic E-state index is 0.116. The number of hydrogen-bond acceptors (Lipinski definition) is 3. The standard InChI is InChI=1S/C16H9ClF3NO3/c17-12-6-7-13-10(8-12)9-14(21(22)23)15(24-13,16(18,19)20)11-4-2-1-3-5-11/h1-9H. The number of hydrogen-bond donors (Lipinski definition) is 0. The summed E-state index contributed by atoms with van der Waals surface area (Å²) in [6.07, 6.45) is -4.20. The van der Waals surface area contributed by atoms with Crippen LogP contribution in [0.2, 0.25) is 5.02 Å². The molecule has 1 heterocycles. The molecule has 1 aliphatic rings. The Morgan fingerprint density at radius 3 is 2.38 bits per heavy atom. The molecule has 1 aliphatic heterocycles. The highest BCUT2D eigenvalue weighted by Crippen LogP contribution is 2.51. The van der Waals surface area contributed by atoms with E-state index in [0.29, 0.717) is 0 Å². The Labute approximate surface area is 139 Å². The molecule has 2 aromatic carbocycles. The molecule has 0 radical (unpaired) electrons. The van der Waals surface area contributed by atoms with E-state index in [9.17, 15) is 23.3 Å². The van der Waals surface area contributed by atoms with Gasteiger partial charge in [-0.1, -0.05) is 41.9 Å². The second-order valence-corrected chi connectivity index (χ2v) is 5.55. The minimum atomic E-state index is -5.05. The summed E-state index contributed by atoms with van der Waals surface area (Å²) < 4.78 is 47.1. The Bertz CT molecular complexity index is 836. The molecule has 2 aromatic rings. The Morgan fingerprint density at radius 2 is 1.79 bits per heavy atom. The van der Waals surface area contributed by atoms with Gasteiger partial charge in [-0.3, -0.25) is 10.1 Å². The lowest BCUT2D eigenvalue weighted by Gasteiger charge is -2.36. The SMILES string of the molecule is O=[N+]([O-])C1=Cc2cc(Cl)ccc2OC1(c1ccccc1)C(F)(F)F. The van der Waals surface area contributed by atoms with Crippen molar-refractivity contribution in [1.29, 1.82) is 0 Å². The predicted octanol–water partition coefficient (Wildman–Crippen LogP) is 4.81. The van der Waals surface area contributed by atoms with Crippen LogP contribution in [0.25, 0.3) is 6.08 Å². The van der Waals surface area contributed by atoms with Crippen molar-refractivity contribution in [3.8, 4) is 5.75 Å². The fourth-order valence-corrected chi connectivity index (χ4v) is 2.80. The van der Waals surface area contributed by atoms with Gasteiger partial charge in [-0.2, -0.15) is 13.2 Å². The van der Waals surface area contributed by atoms with Gasteiger partial charge in [-0.05, 0) is 18.2 Å². The van der Waals surface area contributed by atoms with Gasteiger partial charge in [-0.15, -0.1) is 0 Å². The van der Waals surface area contributed by atoms with Crippen molar-refractivity contribution in [2.75, 3.05) is 0 Å². The molecule has 1 atom stereocenters. The summed E-state index contributed by atoms with van der Waals surface area (Å²) in [6.45, 7) is 0. The topological polar surface area (TPSA) is 52.4 Å². The summed E-state index contributed by atoms with van der Waals surface area (Å²) in [5, 5.41) is 11.6. The molecular weight excluding hydrogens is 347 g/mol. The molecule has 0 aliphatic carbocycles. The fraction of sp³-hybridized carbons (Fsp3) is 0.125. The van der Waals surface area contributed by atoms with E-state index in [4.69, 9.17) is 16.3 Å². The first kappa shape index (κ1) is 16.3. The largest absolute Gasteiger partial charge is 0.462 e. The molecule has 8 heteroatoms. The van der Waals surface area contributed by atoms with Gasteiger partial charge in [0.05, 0.1) is 4.92 Å². The van der Waals surface area contributed by atoms with Crippen molar-refractivity contribution in [2.45, 2.75) is 11.8 Å². The molecule has 1 unspecified atom stereocenters. The molecule has 124 valence electrons. The van der Waals surface area contributed by atoms with E-state index in [1.807, 2.05) is 0 Å². The molecule has 0 spiro atoms. The maximum Gasteiger partial charge on any atom is 0.443 e. The van der Waals surface area contributed by atoms with Gasteiger partial charge in [0.1, 0.15) is 5.75 Å². The summed E-state index contributed by atoms with van der Waals surface area (Å²) in [4.78, 5) is 10.3. The average molecular weight is 356 g/mol. The number of nitrogens with zero attached hydrogens (tertiary/aromatic N) is 1. The summed E-state index contributed by atoms with van der Waals surface area (Å²) in [5.74, 6) is -0.133. The third kappa shape index (κ3) is 2.41. The van der Waals surface area contributed by atoms with E-state index in [1.165, 1.54) is 36.4 Å². The molecule has 0 N–H and O–H groups in total. The Balaban J connectivity index is 2.34. The van der Waals surface area contributed by atoms with Crippen LogP contribution in [0.1, 0.15) is 11.1 Å². The monoisotopic (exact) mass is 355 g/mol. The summed E-state index contributed by atoms with van der Waals surface area (Å²) in [5.41, 5.74) is -4.57. The van der Waals surface area contributed by atoms with Crippen LogP contribution in [-0.2, 0) is 5.60 Å². The Morgan fingerprint density at radius 1 is 1.12 bits per heavy atom. The maximum atomic E-state index is 14.0. The summed E-state index contributed by atoms with van der Waals surface area (Å²) in [7, 11) is 0. The molecule has 0 bridgehead atoms. The maximum absolute atomic E-state index is 14.0. The van der Waals surface area contributed by atoms with Crippen molar-refractivity contribution in [2.24, 2.45) is 0 Å². The van der Waals surface area contributed by atoms with Gasteiger partial charge < -0.3 is 4.74 Å². The zero-order chi connectivity index (χ0) is 17.5. The summed E-state index contributed by atoms with van der Waals surface area (Å²) in [6, 6.07) is 10.5. The van der Waals surface area contributed by atoms with Gasteiger partial charge in [0, 0.05) is 22.2 Å². The number of ether oxygens (including phenoxy) is 1. The third-order valence-corrected chi connectivity index (χ3v) is 3.90. The molecule has 0 aromatic heterocycles. The van der Waals surface area contributed by atoms with Crippen LogP contribution >= 0.6 is 11.6 Å². The van der Waals surface area contributed by atoms with Gasteiger partial charge in [0.2, 0.25) is 0 Å². The number of alkyl halides is 3. The first-order valence-electron chi connectivity index (χ1n) is 6.73. The van der Waals surface area contributed by atoms with E-state index in [-0.39, 0.29) is 21.9 Å². The Kier molecular flexibility index (Phi) is 3.76. The molecule has 4 nitrogen and oxygen atoms in total. The number of benzene rings is 2.